The van der Waals surface area contributed by atoms with E-state index in [0.29, 0.717) is 11.7 Å². The number of phenolic OH excluding ortho intramolecular Hbond substituents is 1. The van der Waals surface area contributed by atoms with Gasteiger partial charge in [-0.25, -0.2) is 0 Å². The van der Waals surface area contributed by atoms with Crippen molar-refractivity contribution in [3.8, 4) is 17.1 Å². The summed E-state index contributed by atoms with van der Waals surface area (Å²) in [7, 11) is 0. The van der Waals surface area contributed by atoms with Crippen LogP contribution in [0.5, 0.6) is 5.75 Å². The molecule has 0 saturated carbocycles. The highest BCUT2D eigenvalue weighted by atomic mass is 16.5. The first-order valence-corrected chi connectivity index (χ1v) is 6.52. The third kappa shape index (κ3) is 1.69. The summed E-state index contributed by atoms with van der Waals surface area (Å²) < 4.78 is 5.38. The molecule has 0 radical (unpaired) electrons. The van der Waals surface area contributed by atoms with Crippen LogP contribution in [0.15, 0.2) is 53.1 Å². The van der Waals surface area contributed by atoms with Crippen molar-refractivity contribution in [2.24, 2.45) is 0 Å². The molecule has 0 bridgehead atoms. The van der Waals surface area contributed by atoms with Crippen LogP contribution in [0.1, 0.15) is 22.9 Å². The topological polar surface area (TPSA) is 59.2 Å². The van der Waals surface area contributed by atoms with E-state index < -0.39 is 0 Å². The standard InChI is InChI=1S/C16H12N2O2/c19-12-6-3-5-11(8-12)15-17-16(20-18-15)14-9-10-4-1-2-7-13(10)14/h1-8,14,19H,9H2. The monoisotopic (exact) mass is 264 g/mol. The van der Waals surface area contributed by atoms with Gasteiger partial charge in [0.2, 0.25) is 11.7 Å². The van der Waals surface area contributed by atoms with Gasteiger partial charge in [-0.1, -0.05) is 41.6 Å². The molecule has 3 aromatic rings. The van der Waals surface area contributed by atoms with E-state index in [-0.39, 0.29) is 11.7 Å². The summed E-state index contributed by atoms with van der Waals surface area (Å²) in [6, 6.07) is 15.1. The third-order valence-corrected chi connectivity index (χ3v) is 3.70. The van der Waals surface area contributed by atoms with Crippen LogP contribution in [0.25, 0.3) is 11.4 Å². The first kappa shape index (κ1) is 11.2. The molecule has 4 heteroatoms. The molecule has 0 amide bonds. The zero-order chi connectivity index (χ0) is 13.5. The summed E-state index contributed by atoms with van der Waals surface area (Å²) in [4.78, 5) is 4.45. The highest BCUT2D eigenvalue weighted by Crippen LogP contribution is 2.39. The normalized spacial score (nSPS) is 16.5. The number of rotatable bonds is 2. The summed E-state index contributed by atoms with van der Waals surface area (Å²) >= 11 is 0. The molecular formula is C16H12N2O2. The first-order valence-electron chi connectivity index (χ1n) is 6.52. The SMILES string of the molecule is Oc1cccc(-c2noc(C3Cc4ccccc43)n2)c1. The molecule has 20 heavy (non-hydrogen) atoms. The Morgan fingerprint density at radius 2 is 2.00 bits per heavy atom. The van der Waals surface area contributed by atoms with Crippen molar-refractivity contribution in [2.75, 3.05) is 0 Å². The lowest BCUT2D eigenvalue weighted by Gasteiger charge is -2.26. The Morgan fingerprint density at radius 1 is 1.10 bits per heavy atom. The van der Waals surface area contributed by atoms with Crippen LogP contribution in [0.3, 0.4) is 0 Å². The van der Waals surface area contributed by atoms with Crippen molar-refractivity contribution >= 4 is 0 Å². The smallest absolute Gasteiger partial charge is 0.234 e. The largest absolute Gasteiger partial charge is 0.508 e. The van der Waals surface area contributed by atoms with Gasteiger partial charge in [0.15, 0.2) is 0 Å². The van der Waals surface area contributed by atoms with Crippen LogP contribution < -0.4 is 0 Å². The van der Waals surface area contributed by atoms with Crippen LogP contribution in [0.2, 0.25) is 0 Å². The molecule has 1 aromatic heterocycles. The van der Waals surface area contributed by atoms with E-state index in [4.69, 9.17) is 4.52 Å². The van der Waals surface area contributed by atoms with Crippen molar-refractivity contribution < 1.29 is 9.63 Å². The van der Waals surface area contributed by atoms with Crippen LogP contribution in [0.4, 0.5) is 0 Å². The lowest BCUT2D eigenvalue weighted by atomic mass is 9.77. The average Bonchev–Trinajstić information content (AvgIpc) is 2.90. The fourth-order valence-corrected chi connectivity index (χ4v) is 2.62. The van der Waals surface area contributed by atoms with E-state index in [2.05, 4.69) is 22.3 Å². The Bertz CT molecular complexity index is 779. The minimum absolute atomic E-state index is 0.197. The second kappa shape index (κ2) is 4.20. The minimum atomic E-state index is 0.197. The molecule has 1 atom stereocenters. The molecule has 0 saturated heterocycles. The van der Waals surface area contributed by atoms with Gasteiger partial charge in [0.05, 0.1) is 5.92 Å². The van der Waals surface area contributed by atoms with E-state index in [9.17, 15) is 5.11 Å². The summed E-state index contributed by atoms with van der Waals surface area (Å²) in [5.74, 6) is 1.55. The van der Waals surface area contributed by atoms with Crippen molar-refractivity contribution in [2.45, 2.75) is 12.3 Å². The van der Waals surface area contributed by atoms with Gasteiger partial charge < -0.3 is 9.63 Å². The summed E-state index contributed by atoms with van der Waals surface area (Å²) in [5, 5.41) is 13.5. The van der Waals surface area contributed by atoms with Crippen molar-refractivity contribution in [3.05, 3.63) is 65.5 Å². The van der Waals surface area contributed by atoms with E-state index in [1.807, 2.05) is 18.2 Å². The number of phenols is 1. The molecular weight excluding hydrogens is 252 g/mol. The lowest BCUT2D eigenvalue weighted by Crippen LogP contribution is -2.18. The molecule has 1 aliphatic carbocycles. The molecule has 1 unspecified atom stereocenters. The number of aromatic hydroxyl groups is 1. The number of nitrogens with zero attached hydrogens (tertiary/aromatic N) is 2. The first-order chi connectivity index (χ1) is 9.81. The predicted molar refractivity (Wildman–Crippen MR) is 73.4 cm³/mol. The molecule has 0 spiro atoms. The van der Waals surface area contributed by atoms with Crippen LogP contribution in [-0.4, -0.2) is 15.2 Å². The quantitative estimate of drug-likeness (QED) is 0.772. The van der Waals surface area contributed by atoms with Crippen molar-refractivity contribution in [1.29, 1.82) is 0 Å². The Hall–Kier alpha value is -2.62. The third-order valence-electron chi connectivity index (χ3n) is 3.70. The zero-order valence-corrected chi connectivity index (χ0v) is 10.7. The number of hydrogen-bond donors (Lipinski definition) is 1. The fraction of sp³-hybridized carbons (Fsp3) is 0.125. The van der Waals surface area contributed by atoms with Gasteiger partial charge >= 0.3 is 0 Å². The van der Waals surface area contributed by atoms with Gasteiger partial charge in [0, 0.05) is 5.56 Å². The second-order valence-electron chi connectivity index (χ2n) is 4.96. The van der Waals surface area contributed by atoms with Gasteiger partial charge in [-0.2, -0.15) is 4.98 Å². The van der Waals surface area contributed by atoms with Crippen LogP contribution >= 0.6 is 0 Å². The second-order valence-corrected chi connectivity index (χ2v) is 4.96. The lowest BCUT2D eigenvalue weighted by molar-refractivity contribution is 0.356. The van der Waals surface area contributed by atoms with Gasteiger partial charge in [-0.3, -0.25) is 0 Å². The number of aromatic nitrogens is 2. The number of benzene rings is 2. The van der Waals surface area contributed by atoms with Crippen LogP contribution in [-0.2, 0) is 6.42 Å². The summed E-state index contributed by atoms with van der Waals surface area (Å²) in [6.45, 7) is 0. The summed E-state index contributed by atoms with van der Waals surface area (Å²) in [6.07, 6.45) is 0.942. The maximum atomic E-state index is 9.49. The highest BCUT2D eigenvalue weighted by molar-refractivity contribution is 5.57. The van der Waals surface area contributed by atoms with E-state index in [1.165, 1.54) is 11.1 Å². The molecule has 4 rings (SSSR count). The van der Waals surface area contributed by atoms with Gasteiger partial charge in [0.1, 0.15) is 5.75 Å². The van der Waals surface area contributed by atoms with E-state index in [0.717, 1.165) is 12.0 Å². The Balaban J connectivity index is 1.67. The molecule has 4 nitrogen and oxygen atoms in total. The molecule has 0 aliphatic heterocycles. The van der Waals surface area contributed by atoms with E-state index in [1.54, 1.807) is 18.2 Å². The molecule has 0 fully saturated rings. The summed E-state index contributed by atoms with van der Waals surface area (Å²) in [5.41, 5.74) is 3.36. The van der Waals surface area contributed by atoms with Gasteiger partial charge in [-0.15, -0.1) is 0 Å². The van der Waals surface area contributed by atoms with E-state index >= 15 is 0 Å². The molecule has 1 N–H and O–H groups in total. The molecule has 2 aromatic carbocycles. The maximum absolute atomic E-state index is 9.49. The maximum Gasteiger partial charge on any atom is 0.234 e. The Labute approximate surface area is 115 Å². The minimum Gasteiger partial charge on any atom is -0.508 e. The average molecular weight is 264 g/mol. The zero-order valence-electron chi connectivity index (χ0n) is 10.7. The van der Waals surface area contributed by atoms with Gasteiger partial charge in [-0.05, 0) is 29.7 Å². The predicted octanol–water partition coefficient (Wildman–Crippen LogP) is 3.13. The molecule has 1 aliphatic rings. The molecule has 1 heterocycles. The Morgan fingerprint density at radius 3 is 2.85 bits per heavy atom. The fourth-order valence-electron chi connectivity index (χ4n) is 2.62. The number of hydrogen-bond acceptors (Lipinski definition) is 4. The Kier molecular flexibility index (Phi) is 2.36. The van der Waals surface area contributed by atoms with Crippen LogP contribution in [0, 0.1) is 0 Å². The molecule has 98 valence electrons. The van der Waals surface area contributed by atoms with Crippen molar-refractivity contribution in [1.82, 2.24) is 10.1 Å². The van der Waals surface area contributed by atoms with Crippen molar-refractivity contribution in [3.63, 3.8) is 0 Å². The highest BCUT2D eigenvalue weighted by Gasteiger charge is 2.31. The number of fused-ring (bicyclic) bond motifs is 1. The van der Waals surface area contributed by atoms with Gasteiger partial charge in [0.25, 0.3) is 0 Å².